The zero-order valence-electron chi connectivity index (χ0n) is 10.4. The Bertz CT molecular complexity index is 496. The van der Waals surface area contributed by atoms with Crippen LogP contribution in [-0.2, 0) is 14.3 Å². The van der Waals surface area contributed by atoms with Gasteiger partial charge in [-0.25, -0.2) is 0 Å². The predicted octanol–water partition coefficient (Wildman–Crippen LogP) is 2.35. The Kier molecular flexibility index (Phi) is 4.74. The molecule has 0 radical (unpaired) electrons. The maximum atomic E-state index is 9.04. The minimum Gasteiger partial charge on any atom is -0.392 e. The van der Waals surface area contributed by atoms with Gasteiger partial charge in [-0.05, 0) is 19.1 Å². The second-order valence-electron chi connectivity index (χ2n) is 4.05. The number of hydrogen-bond acceptors (Lipinski definition) is 5. The fourth-order valence-electron chi connectivity index (χ4n) is 1.58. The fourth-order valence-corrected chi connectivity index (χ4v) is 1.71. The summed E-state index contributed by atoms with van der Waals surface area (Å²) >= 11 is 5.78. The zero-order valence-corrected chi connectivity index (χ0v) is 11.1. The fraction of sp³-hybridized carbons (Fsp3) is 0.385. The van der Waals surface area contributed by atoms with Gasteiger partial charge in [0, 0.05) is 10.6 Å². The Morgan fingerprint density at radius 1 is 1.47 bits per heavy atom. The van der Waals surface area contributed by atoms with Crippen molar-refractivity contribution in [1.82, 2.24) is 0 Å². The number of hydrogen-bond donors (Lipinski definition) is 0. The van der Waals surface area contributed by atoms with Gasteiger partial charge in [-0.15, -0.1) is 0 Å². The van der Waals surface area contributed by atoms with Crippen LogP contribution in [-0.4, -0.2) is 31.3 Å². The van der Waals surface area contributed by atoms with Gasteiger partial charge in [0.15, 0.2) is 5.71 Å². The summed E-state index contributed by atoms with van der Waals surface area (Å²) in [7, 11) is 0. The lowest BCUT2D eigenvalue weighted by Gasteiger charge is -2.10. The first-order valence-corrected chi connectivity index (χ1v) is 6.17. The van der Waals surface area contributed by atoms with Crippen LogP contribution in [0.2, 0.25) is 5.02 Å². The summed E-state index contributed by atoms with van der Waals surface area (Å²) in [5.74, 6) is 0. The molecule has 1 aliphatic rings. The van der Waals surface area contributed by atoms with E-state index in [0.29, 0.717) is 10.6 Å². The van der Waals surface area contributed by atoms with Crippen LogP contribution in [0.5, 0.6) is 0 Å². The van der Waals surface area contributed by atoms with Crippen molar-refractivity contribution in [1.29, 1.82) is 5.26 Å². The Hall–Kier alpha value is -1.61. The predicted molar refractivity (Wildman–Crippen MR) is 69.8 cm³/mol. The van der Waals surface area contributed by atoms with Crippen LogP contribution in [0.15, 0.2) is 29.4 Å². The average Bonchev–Trinajstić information content (AvgIpc) is 2.82. The second kappa shape index (κ2) is 6.53. The first-order chi connectivity index (χ1) is 9.20. The molecule has 5 nitrogen and oxygen atoms in total. The van der Waals surface area contributed by atoms with E-state index in [2.05, 4.69) is 5.16 Å². The first kappa shape index (κ1) is 13.8. The van der Waals surface area contributed by atoms with Crippen LogP contribution in [0.1, 0.15) is 12.5 Å². The molecule has 1 aliphatic heterocycles. The average molecular weight is 281 g/mol. The number of rotatable bonds is 4. The number of oxime groups is 1. The lowest BCUT2D eigenvalue weighted by atomic mass is 10.1. The van der Waals surface area contributed by atoms with Gasteiger partial charge in [0.2, 0.25) is 0 Å². The van der Waals surface area contributed by atoms with Crippen LogP contribution >= 0.6 is 11.6 Å². The number of benzene rings is 1. The zero-order chi connectivity index (χ0) is 13.7. The maximum Gasteiger partial charge on any atom is 0.186 e. The molecule has 0 amide bonds. The molecular weight excluding hydrogens is 268 g/mol. The molecule has 6 heteroatoms. The molecular formula is C13H13ClN2O3. The first-order valence-electron chi connectivity index (χ1n) is 5.80. The molecule has 0 spiro atoms. The summed E-state index contributed by atoms with van der Waals surface area (Å²) in [6.07, 6.45) is -0.190. The van der Waals surface area contributed by atoms with E-state index in [9.17, 15) is 0 Å². The van der Waals surface area contributed by atoms with Gasteiger partial charge < -0.3 is 14.3 Å². The van der Waals surface area contributed by atoms with E-state index >= 15 is 0 Å². The van der Waals surface area contributed by atoms with Crippen molar-refractivity contribution in [3.8, 4) is 6.07 Å². The van der Waals surface area contributed by atoms with Crippen LogP contribution in [0.4, 0.5) is 0 Å². The summed E-state index contributed by atoms with van der Waals surface area (Å²) in [6, 6.07) is 8.80. The molecule has 0 saturated carbocycles. The van der Waals surface area contributed by atoms with Gasteiger partial charge in [0.1, 0.15) is 25.6 Å². The molecule has 100 valence electrons. The highest BCUT2D eigenvalue weighted by Gasteiger charge is 2.25. The topological polar surface area (TPSA) is 63.8 Å². The monoisotopic (exact) mass is 280 g/mol. The van der Waals surface area contributed by atoms with E-state index in [-0.39, 0.29) is 31.3 Å². The van der Waals surface area contributed by atoms with Crippen molar-refractivity contribution in [2.24, 2.45) is 5.16 Å². The molecule has 19 heavy (non-hydrogen) atoms. The van der Waals surface area contributed by atoms with Crippen LogP contribution < -0.4 is 0 Å². The van der Waals surface area contributed by atoms with Gasteiger partial charge >= 0.3 is 0 Å². The van der Waals surface area contributed by atoms with E-state index in [1.165, 1.54) is 0 Å². The number of halogens is 1. The quantitative estimate of drug-likeness (QED) is 0.627. The number of ether oxygens (including phenoxy) is 2. The summed E-state index contributed by atoms with van der Waals surface area (Å²) < 4.78 is 10.5. The van der Waals surface area contributed by atoms with Crippen molar-refractivity contribution in [2.75, 3.05) is 13.4 Å². The van der Waals surface area contributed by atoms with Gasteiger partial charge in [-0.1, -0.05) is 28.9 Å². The number of nitrogens with zero attached hydrogens (tertiary/aromatic N) is 2. The third kappa shape index (κ3) is 3.67. The third-order valence-electron chi connectivity index (χ3n) is 2.75. The van der Waals surface area contributed by atoms with Crippen LogP contribution in [0.3, 0.4) is 0 Å². The van der Waals surface area contributed by atoms with E-state index in [4.69, 9.17) is 31.2 Å². The van der Waals surface area contributed by atoms with E-state index in [1.54, 1.807) is 24.3 Å². The smallest absolute Gasteiger partial charge is 0.186 e. The highest BCUT2D eigenvalue weighted by Crippen LogP contribution is 2.13. The Labute approximate surface area is 116 Å². The number of nitriles is 1. The summed E-state index contributed by atoms with van der Waals surface area (Å²) in [6.45, 7) is 2.41. The minimum atomic E-state index is -0.158. The molecule has 0 aliphatic carbocycles. The molecule has 1 saturated heterocycles. The van der Waals surface area contributed by atoms with Gasteiger partial charge in [-0.3, -0.25) is 0 Å². The SMILES string of the molecule is CC1OCOC1CON=C(C#N)c1ccc(Cl)cc1. The van der Waals surface area contributed by atoms with Crippen molar-refractivity contribution < 1.29 is 14.3 Å². The van der Waals surface area contributed by atoms with Crippen LogP contribution in [0, 0.1) is 11.3 Å². The van der Waals surface area contributed by atoms with Gasteiger partial charge in [0.05, 0.1) is 6.10 Å². The molecule has 1 aromatic rings. The molecule has 2 rings (SSSR count). The Morgan fingerprint density at radius 2 is 2.21 bits per heavy atom. The van der Waals surface area contributed by atoms with E-state index in [1.807, 2.05) is 13.0 Å². The molecule has 2 unspecified atom stereocenters. The van der Waals surface area contributed by atoms with Crippen molar-refractivity contribution in [2.45, 2.75) is 19.1 Å². The third-order valence-corrected chi connectivity index (χ3v) is 3.01. The summed E-state index contributed by atoms with van der Waals surface area (Å²) in [4.78, 5) is 5.15. The normalized spacial score (nSPS) is 23.1. The van der Waals surface area contributed by atoms with Crippen molar-refractivity contribution in [3.63, 3.8) is 0 Å². The molecule has 0 bridgehead atoms. The lowest BCUT2D eigenvalue weighted by Crippen LogP contribution is -2.24. The van der Waals surface area contributed by atoms with E-state index < -0.39 is 0 Å². The van der Waals surface area contributed by atoms with Crippen LogP contribution in [0.25, 0.3) is 0 Å². The largest absolute Gasteiger partial charge is 0.392 e. The Balaban J connectivity index is 1.96. The van der Waals surface area contributed by atoms with E-state index in [0.717, 1.165) is 0 Å². The van der Waals surface area contributed by atoms with Gasteiger partial charge in [-0.2, -0.15) is 5.26 Å². The van der Waals surface area contributed by atoms with Gasteiger partial charge in [0.25, 0.3) is 0 Å². The van der Waals surface area contributed by atoms with Crippen molar-refractivity contribution >= 4 is 17.3 Å². The molecule has 1 heterocycles. The summed E-state index contributed by atoms with van der Waals surface area (Å²) in [5, 5.41) is 13.5. The highest BCUT2D eigenvalue weighted by molar-refractivity contribution is 6.30. The van der Waals surface area contributed by atoms with Crippen molar-refractivity contribution in [3.05, 3.63) is 34.9 Å². The molecule has 1 aromatic carbocycles. The standard InChI is InChI=1S/C13H13ClN2O3/c1-9-13(18-8-17-9)7-19-16-12(6-15)10-2-4-11(14)5-3-10/h2-5,9,13H,7-8H2,1H3. The highest BCUT2D eigenvalue weighted by atomic mass is 35.5. The molecule has 2 atom stereocenters. The lowest BCUT2D eigenvalue weighted by molar-refractivity contribution is 0.00660. The maximum absolute atomic E-state index is 9.04. The Morgan fingerprint density at radius 3 is 2.79 bits per heavy atom. The molecule has 0 aromatic heterocycles. The summed E-state index contributed by atoms with van der Waals surface area (Å²) in [5.41, 5.74) is 0.853. The molecule has 0 N–H and O–H groups in total. The second-order valence-corrected chi connectivity index (χ2v) is 4.49. The minimum absolute atomic E-state index is 0.0312. The molecule has 1 fully saturated rings.